The molecule has 2 heterocycles. The third-order valence-corrected chi connectivity index (χ3v) is 3.79. The number of nitrogens with zero attached hydrogens (tertiary/aromatic N) is 5. The molecule has 1 aromatic rings. The summed E-state index contributed by atoms with van der Waals surface area (Å²) in [6, 6.07) is 0. The van der Waals surface area contributed by atoms with Gasteiger partial charge >= 0.3 is 6.18 Å². The van der Waals surface area contributed by atoms with Gasteiger partial charge in [-0.2, -0.15) is 13.2 Å². The molecular formula is C15H22F3N5O. The quantitative estimate of drug-likeness (QED) is 0.831. The second kappa shape index (κ2) is 7.33. The summed E-state index contributed by atoms with van der Waals surface area (Å²) in [5.74, 6) is 0.286. The van der Waals surface area contributed by atoms with Crippen molar-refractivity contribution in [3.63, 3.8) is 0 Å². The van der Waals surface area contributed by atoms with Crippen LogP contribution in [0, 0.1) is 5.92 Å². The van der Waals surface area contributed by atoms with Gasteiger partial charge in [-0.25, -0.2) is 9.97 Å². The lowest BCUT2D eigenvalue weighted by Gasteiger charge is -2.22. The number of hydrogen-bond acceptors (Lipinski definition) is 5. The van der Waals surface area contributed by atoms with E-state index in [1.807, 2.05) is 21.0 Å². The Balaban J connectivity index is 2.04. The minimum atomic E-state index is -4.23. The van der Waals surface area contributed by atoms with Crippen LogP contribution in [0.2, 0.25) is 0 Å². The first kappa shape index (κ1) is 18.4. The van der Waals surface area contributed by atoms with Gasteiger partial charge in [-0.15, -0.1) is 0 Å². The lowest BCUT2D eigenvalue weighted by Crippen LogP contribution is -2.38. The van der Waals surface area contributed by atoms with Crippen molar-refractivity contribution in [1.82, 2.24) is 19.8 Å². The van der Waals surface area contributed by atoms with Crippen LogP contribution in [0.4, 0.5) is 19.0 Å². The van der Waals surface area contributed by atoms with E-state index in [4.69, 9.17) is 0 Å². The maximum absolute atomic E-state index is 12.6. The molecule has 1 aliphatic rings. The summed E-state index contributed by atoms with van der Waals surface area (Å²) in [5, 5.41) is 0. The summed E-state index contributed by atoms with van der Waals surface area (Å²) in [7, 11) is 3.63. The Morgan fingerprint density at radius 1 is 1.25 bits per heavy atom. The lowest BCUT2D eigenvalue weighted by atomic mass is 10.1. The molecule has 6 nitrogen and oxygen atoms in total. The molecule has 0 saturated carbocycles. The van der Waals surface area contributed by atoms with Crippen LogP contribution in [-0.4, -0.2) is 78.7 Å². The Morgan fingerprint density at radius 2 is 1.96 bits per heavy atom. The van der Waals surface area contributed by atoms with Gasteiger partial charge in [0.05, 0.1) is 18.9 Å². The van der Waals surface area contributed by atoms with Gasteiger partial charge in [0, 0.05) is 40.3 Å². The molecule has 0 spiro atoms. The summed E-state index contributed by atoms with van der Waals surface area (Å²) < 4.78 is 37.7. The molecule has 134 valence electrons. The van der Waals surface area contributed by atoms with Crippen molar-refractivity contribution in [1.29, 1.82) is 0 Å². The first-order valence-corrected chi connectivity index (χ1v) is 7.73. The molecular weight excluding hydrogens is 323 g/mol. The first-order chi connectivity index (χ1) is 11.2. The van der Waals surface area contributed by atoms with Gasteiger partial charge < -0.3 is 9.80 Å². The Kier molecular flexibility index (Phi) is 5.63. The van der Waals surface area contributed by atoms with Crippen LogP contribution in [0.3, 0.4) is 0 Å². The molecule has 1 aliphatic heterocycles. The number of amides is 1. The van der Waals surface area contributed by atoms with Crippen LogP contribution in [0.1, 0.15) is 17.4 Å². The van der Waals surface area contributed by atoms with Crippen molar-refractivity contribution in [2.45, 2.75) is 13.1 Å². The molecule has 0 bridgehead atoms. The molecule has 1 fully saturated rings. The van der Waals surface area contributed by atoms with Crippen LogP contribution in [-0.2, 0) is 0 Å². The molecule has 0 N–H and O–H groups in total. The van der Waals surface area contributed by atoms with Gasteiger partial charge in [-0.05, 0) is 5.92 Å². The second-order valence-corrected chi connectivity index (χ2v) is 6.36. The van der Waals surface area contributed by atoms with Crippen molar-refractivity contribution >= 4 is 11.7 Å². The largest absolute Gasteiger partial charge is 0.401 e. The standard InChI is InChI=1S/C15H22F3N5O/c1-11-8-22(10-15(16,17)18)4-5-23(9-11)14(24)12-6-20-13(7-19-12)21(2)3/h6-7,11H,4-5,8-10H2,1-3H3. The highest BCUT2D eigenvalue weighted by Gasteiger charge is 2.33. The average Bonchev–Trinajstić information content (AvgIpc) is 2.66. The zero-order valence-electron chi connectivity index (χ0n) is 14.0. The molecule has 24 heavy (non-hydrogen) atoms. The summed E-state index contributed by atoms with van der Waals surface area (Å²) in [6.07, 6.45) is -1.32. The first-order valence-electron chi connectivity index (χ1n) is 7.73. The monoisotopic (exact) mass is 345 g/mol. The fourth-order valence-corrected chi connectivity index (χ4v) is 2.73. The highest BCUT2D eigenvalue weighted by molar-refractivity contribution is 5.92. The smallest absolute Gasteiger partial charge is 0.361 e. The Hall–Kier alpha value is -1.90. The van der Waals surface area contributed by atoms with Crippen LogP contribution in [0.15, 0.2) is 12.4 Å². The van der Waals surface area contributed by atoms with Gasteiger partial charge in [-0.3, -0.25) is 9.69 Å². The molecule has 1 saturated heterocycles. The van der Waals surface area contributed by atoms with Crippen molar-refractivity contribution in [2.75, 3.05) is 51.7 Å². The lowest BCUT2D eigenvalue weighted by molar-refractivity contribution is -0.146. The van der Waals surface area contributed by atoms with E-state index in [2.05, 4.69) is 9.97 Å². The molecule has 1 amide bonds. The zero-order chi connectivity index (χ0) is 17.9. The van der Waals surface area contributed by atoms with Gasteiger partial charge in [-0.1, -0.05) is 6.92 Å². The van der Waals surface area contributed by atoms with E-state index in [1.54, 1.807) is 9.80 Å². The fraction of sp³-hybridized carbons (Fsp3) is 0.667. The van der Waals surface area contributed by atoms with Crippen molar-refractivity contribution in [3.05, 3.63) is 18.1 Å². The summed E-state index contributed by atoms with van der Waals surface area (Å²) in [6.45, 7) is 2.06. The number of carbonyl (C=O) groups excluding carboxylic acids is 1. The summed E-state index contributed by atoms with van der Waals surface area (Å²) in [4.78, 5) is 25.5. The molecule has 9 heteroatoms. The van der Waals surface area contributed by atoms with E-state index in [0.29, 0.717) is 18.9 Å². The number of rotatable bonds is 3. The third kappa shape index (κ3) is 5.05. The van der Waals surface area contributed by atoms with Crippen LogP contribution < -0.4 is 4.90 Å². The second-order valence-electron chi connectivity index (χ2n) is 6.36. The van der Waals surface area contributed by atoms with E-state index < -0.39 is 12.7 Å². The maximum Gasteiger partial charge on any atom is 0.401 e. The number of aromatic nitrogens is 2. The van der Waals surface area contributed by atoms with Crippen molar-refractivity contribution in [3.8, 4) is 0 Å². The number of anilines is 1. The molecule has 2 rings (SSSR count). The Bertz CT molecular complexity index is 561. The number of hydrogen-bond donors (Lipinski definition) is 0. The van der Waals surface area contributed by atoms with E-state index in [1.165, 1.54) is 17.3 Å². The predicted octanol–water partition coefficient (Wildman–Crippen LogP) is 1.50. The minimum Gasteiger partial charge on any atom is -0.361 e. The van der Waals surface area contributed by atoms with Crippen LogP contribution >= 0.6 is 0 Å². The van der Waals surface area contributed by atoms with E-state index in [0.717, 1.165) is 0 Å². The van der Waals surface area contributed by atoms with Crippen molar-refractivity contribution in [2.24, 2.45) is 5.92 Å². The van der Waals surface area contributed by atoms with E-state index in [9.17, 15) is 18.0 Å². The number of carbonyl (C=O) groups is 1. The van der Waals surface area contributed by atoms with Crippen LogP contribution in [0.25, 0.3) is 0 Å². The minimum absolute atomic E-state index is 0.0483. The van der Waals surface area contributed by atoms with E-state index >= 15 is 0 Å². The topological polar surface area (TPSA) is 52.6 Å². The summed E-state index contributed by atoms with van der Waals surface area (Å²) >= 11 is 0. The fourth-order valence-electron chi connectivity index (χ4n) is 2.73. The number of halogens is 3. The average molecular weight is 345 g/mol. The highest BCUT2D eigenvalue weighted by Crippen LogP contribution is 2.19. The van der Waals surface area contributed by atoms with Gasteiger partial charge in [0.15, 0.2) is 0 Å². The SMILES string of the molecule is CC1CN(CC(F)(F)F)CCN(C(=O)c2cnc(N(C)C)cn2)C1. The summed E-state index contributed by atoms with van der Waals surface area (Å²) in [5.41, 5.74) is 0.206. The van der Waals surface area contributed by atoms with Gasteiger partial charge in [0.2, 0.25) is 0 Å². The third-order valence-electron chi connectivity index (χ3n) is 3.79. The van der Waals surface area contributed by atoms with Crippen molar-refractivity contribution < 1.29 is 18.0 Å². The zero-order valence-corrected chi connectivity index (χ0v) is 14.0. The highest BCUT2D eigenvalue weighted by atomic mass is 19.4. The molecule has 0 aliphatic carbocycles. The molecule has 1 aromatic heterocycles. The Morgan fingerprint density at radius 3 is 2.50 bits per heavy atom. The van der Waals surface area contributed by atoms with Crippen LogP contribution in [0.5, 0.6) is 0 Å². The normalized spacial score (nSPS) is 19.9. The van der Waals surface area contributed by atoms with Gasteiger partial charge in [0.1, 0.15) is 11.5 Å². The molecule has 1 unspecified atom stereocenters. The molecule has 0 aromatic carbocycles. The molecule has 1 atom stereocenters. The maximum atomic E-state index is 12.6. The predicted molar refractivity (Wildman–Crippen MR) is 83.9 cm³/mol. The number of alkyl halides is 3. The van der Waals surface area contributed by atoms with E-state index in [-0.39, 0.29) is 30.6 Å². The Labute approximate surface area is 139 Å². The molecule has 0 radical (unpaired) electrons. The van der Waals surface area contributed by atoms with Gasteiger partial charge in [0.25, 0.3) is 5.91 Å².